The number of aromatic nitrogens is 1. The van der Waals surface area contributed by atoms with Crippen molar-refractivity contribution in [2.75, 3.05) is 14.1 Å². The topological polar surface area (TPSA) is 25.2 Å². The molecule has 0 N–H and O–H groups in total. The van der Waals surface area contributed by atoms with Gasteiger partial charge in [-0.25, -0.2) is 0 Å². The number of nitrogens with zero attached hydrogens (tertiary/aromatic N) is 2. The van der Waals surface area contributed by atoms with Crippen molar-refractivity contribution in [3.8, 4) is 11.3 Å². The van der Waals surface area contributed by atoms with Crippen LogP contribution in [0.2, 0.25) is 5.02 Å². The van der Waals surface area contributed by atoms with Crippen molar-refractivity contribution in [2.45, 2.75) is 19.9 Å². The molecule has 0 aliphatic carbocycles. The fourth-order valence-electron chi connectivity index (χ4n) is 3.06. The monoisotopic (exact) mass is 340 g/mol. The first-order valence-corrected chi connectivity index (χ1v) is 8.39. The highest BCUT2D eigenvalue weighted by Gasteiger charge is 2.15. The van der Waals surface area contributed by atoms with Crippen LogP contribution >= 0.6 is 11.6 Å². The van der Waals surface area contributed by atoms with E-state index < -0.39 is 0 Å². The third-order valence-electron chi connectivity index (χ3n) is 4.13. The molecule has 1 amide bonds. The number of amides is 1. The van der Waals surface area contributed by atoms with Gasteiger partial charge in [-0.1, -0.05) is 23.7 Å². The lowest BCUT2D eigenvalue weighted by atomic mass is 10.1. The van der Waals surface area contributed by atoms with E-state index >= 15 is 0 Å². The number of hydrogen-bond acceptors (Lipinski definition) is 1. The van der Waals surface area contributed by atoms with E-state index in [2.05, 4.69) is 30.5 Å². The van der Waals surface area contributed by atoms with Gasteiger partial charge in [0.2, 0.25) is 0 Å². The molecule has 0 saturated carbocycles. The lowest BCUT2D eigenvalue weighted by Crippen LogP contribution is -2.21. The zero-order chi connectivity index (χ0) is 17.4. The summed E-state index contributed by atoms with van der Waals surface area (Å²) in [5, 5.41) is 1.84. The SMILES string of the molecule is CC(C)n1c(-c2cccc(C(=O)N(C)C)c2)cc2cc(Cl)ccc21. The Hall–Kier alpha value is -2.26. The molecule has 3 nitrogen and oxygen atoms in total. The molecule has 24 heavy (non-hydrogen) atoms. The Kier molecular flexibility index (Phi) is 4.37. The summed E-state index contributed by atoms with van der Waals surface area (Å²) in [5.74, 6) is 0.00658. The summed E-state index contributed by atoms with van der Waals surface area (Å²) in [5.41, 5.74) is 3.96. The molecule has 0 aliphatic heterocycles. The van der Waals surface area contributed by atoms with Crippen molar-refractivity contribution in [3.63, 3.8) is 0 Å². The minimum Gasteiger partial charge on any atom is -0.345 e. The van der Waals surface area contributed by atoms with Gasteiger partial charge in [0, 0.05) is 47.3 Å². The molecule has 3 rings (SSSR count). The maximum Gasteiger partial charge on any atom is 0.253 e. The summed E-state index contributed by atoms with van der Waals surface area (Å²) in [6, 6.07) is 16.2. The standard InChI is InChI=1S/C20H21ClN2O/c1-13(2)23-18-9-8-17(21)11-16(18)12-19(23)14-6-5-7-15(10-14)20(24)22(3)4/h5-13H,1-4H3. The van der Waals surface area contributed by atoms with E-state index in [-0.39, 0.29) is 5.91 Å². The van der Waals surface area contributed by atoms with Crippen LogP contribution < -0.4 is 0 Å². The molecule has 1 aromatic heterocycles. The summed E-state index contributed by atoms with van der Waals surface area (Å²) >= 11 is 6.15. The van der Waals surface area contributed by atoms with Crippen molar-refractivity contribution < 1.29 is 4.79 Å². The average Bonchev–Trinajstić information content (AvgIpc) is 2.92. The van der Waals surface area contributed by atoms with Crippen LogP contribution in [0.15, 0.2) is 48.5 Å². The number of carbonyl (C=O) groups is 1. The van der Waals surface area contributed by atoms with Gasteiger partial charge < -0.3 is 9.47 Å². The molecule has 0 spiro atoms. The van der Waals surface area contributed by atoms with Crippen LogP contribution in [0, 0.1) is 0 Å². The lowest BCUT2D eigenvalue weighted by Gasteiger charge is -2.16. The van der Waals surface area contributed by atoms with Crippen LogP contribution in [-0.4, -0.2) is 29.5 Å². The van der Waals surface area contributed by atoms with Crippen LogP contribution in [0.5, 0.6) is 0 Å². The lowest BCUT2D eigenvalue weighted by molar-refractivity contribution is 0.0827. The van der Waals surface area contributed by atoms with Crippen molar-refractivity contribution >= 4 is 28.4 Å². The molecule has 0 fully saturated rings. The molecule has 0 saturated heterocycles. The minimum absolute atomic E-state index is 0.00658. The molecular formula is C20H21ClN2O. The van der Waals surface area contributed by atoms with Crippen molar-refractivity contribution in [1.82, 2.24) is 9.47 Å². The van der Waals surface area contributed by atoms with Gasteiger partial charge in [-0.3, -0.25) is 4.79 Å². The first-order chi connectivity index (χ1) is 11.4. The van der Waals surface area contributed by atoms with Crippen LogP contribution in [0.25, 0.3) is 22.2 Å². The van der Waals surface area contributed by atoms with Gasteiger partial charge >= 0.3 is 0 Å². The Bertz CT molecular complexity index is 909. The molecule has 0 atom stereocenters. The van der Waals surface area contributed by atoms with E-state index in [0.717, 1.165) is 27.2 Å². The molecule has 0 unspecified atom stereocenters. The number of benzene rings is 2. The number of halogens is 1. The Morgan fingerprint density at radius 3 is 2.50 bits per heavy atom. The zero-order valence-corrected chi connectivity index (χ0v) is 15.1. The first kappa shape index (κ1) is 16.6. The molecule has 2 aromatic carbocycles. The van der Waals surface area contributed by atoms with Crippen LogP contribution in [0.3, 0.4) is 0 Å². The van der Waals surface area contributed by atoms with E-state index in [1.807, 2.05) is 36.4 Å². The molecule has 124 valence electrons. The number of carbonyl (C=O) groups excluding carboxylic acids is 1. The quantitative estimate of drug-likeness (QED) is 0.639. The van der Waals surface area contributed by atoms with Gasteiger partial charge in [0.1, 0.15) is 0 Å². The Balaban J connectivity index is 2.21. The molecule has 3 aromatic rings. The van der Waals surface area contributed by atoms with Gasteiger partial charge in [0.25, 0.3) is 5.91 Å². The van der Waals surface area contributed by atoms with E-state index in [1.165, 1.54) is 0 Å². The van der Waals surface area contributed by atoms with E-state index in [4.69, 9.17) is 11.6 Å². The minimum atomic E-state index is 0.00658. The largest absolute Gasteiger partial charge is 0.345 e. The van der Waals surface area contributed by atoms with Crippen LogP contribution in [-0.2, 0) is 0 Å². The second kappa shape index (κ2) is 6.33. The second-order valence-electron chi connectivity index (χ2n) is 6.48. The summed E-state index contributed by atoms with van der Waals surface area (Å²) in [6.07, 6.45) is 0. The third kappa shape index (κ3) is 2.92. The van der Waals surface area contributed by atoms with E-state index in [9.17, 15) is 4.79 Å². The number of fused-ring (bicyclic) bond motifs is 1. The molecule has 1 heterocycles. The number of hydrogen-bond donors (Lipinski definition) is 0. The smallest absolute Gasteiger partial charge is 0.253 e. The highest BCUT2D eigenvalue weighted by Crippen LogP contribution is 2.33. The van der Waals surface area contributed by atoms with Gasteiger partial charge in [0.05, 0.1) is 0 Å². The van der Waals surface area contributed by atoms with Crippen molar-refractivity contribution in [2.24, 2.45) is 0 Å². The van der Waals surface area contributed by atoms with Crippen molar-refractivity contribution in [3.05, 3.63) is 59.1 Å². The molecule has 4 heteroatoms. The third-order valence-corrected chi connectivity index (χ3v) is 4.36. The average molecular weight is 341 g/mol. The predicted octanol–water partition coefficient (Wildman–Crippen LogP) is 5.24. The molecule has 0 radical (unpaired) electrons. The fraction of sp³-hybridized carbons (Fsp3) is 0.250. The summed E-state index contributed by atoms with van der Waals surface area (Å²) < 4.78 is 2.28. The first-order valence-electron chi connectivity index (χ1n) is 8.01. The van der Waals surface area contributed by atoms with Gasteiger partial charge in [-0.05, 0) is 55.8 Å². The van der Waals surface area contributed by atoms with Crippen LogP contribution in [0.4, 0.5) is 0 Å². The van der Waals surface area contributed by atoms with Gasteiger partial charge in [-0.2, -0.15) is 0 Å². The van der Waals surface area contributed by atoms with E-state index in [1.54, 1.807) is 19.0 Å². The van der Waals surface area contributed by atoms with E-state index in [0.29, 0.717) is 11.6 Å². The zero-order valence-electron chi connectivity index (χ0n) is 14.4. The Morgan fingerprint density at radius 1 is 1.08 bits per heavy atom. The Labute approximate surface area is 147 Å². The molecule has 0 aliphatic rings. The van der Waals surface area contributed by atoms with Crippen molar-refractivity contribution in [1.29, 1.82) is 0 Å². The predicted molar refractivity (Wildman–Crippen MR) is 101 cm³/mol. The number of rotatable bonds is 3. The highest BCUT2D eigenvalue weighted by molar-refractivity contribution is 6.31. The van der Waals surface area contributed by atoms with Gasteiger partial charge in [-0.15, -0.1) is 0 Å². The summed E-state index contributed by atoms with van der Waals surface area (Å²) in [6.45, 7) is 4.32. The summed E-state index contributed by atoms with van der Waals surface area (Å²) in [7, 11) is 3.53. The Morgan fingerprint density at radius 2 is 1.83 bits per heavy atom. The molecular weight excluding hydrogens is 320 g/mol. The second-order valence-corrected chi connectivity index (χ2v) is 6.91. The van der Waals surface area contributed by atoms with Crippen LogP contribution in [0.1, 0.15) is 30.2 Å². The van der Waals surface area contributed by atoms with Gasteiger partial charge in [0.15, 0.2) is 0 Å². The maximum atomic E-state index is 12.3. The maximum absolute atomic E-state index is 12.3. The summed E-state index contributed by atoms with van der Waals surface area (Å²) in [4.78, 5) is 13.9. The normalized spacial score (nSPS) is 11.2. The molecule has 0 bridgehead atoms. The fourth-order valence-corrected chi connectivity index (χ4v) is 3.24. The highest BCUT2D eigenvalue weighted by atomic mass is 35.5.